The van der Waals surface area contributed by atoms with E-state index < -0.39 is 0 Å². The molecule has 2 heterocycles. The Morgan fingerprint density at radius 3 is 2.53 bits per heavy atom. The molecule has 2 rings (SSSR count). The lowest BCUT2D eigenvalue weighted by molar-refractivity contribution is 0.121. The van der Waals surface area contributed by atoms with Crippen LogP contribution in [0.4, 0.5) is 5.95 Å². The third kappa shape index (κ3) is 2.26. The molecule has 1 unspecified atom stereocenters. The molecule has 15 heavy (non-hydrogen) atoms. The number of hydrogen-bond acceptors (Lipinski definition) is 4. The molecule has 0 saturated carbocycles. The molecule has 0 N–H and O–H groups in total. The minimum absolute atomic E-state index is 0.328. The van der Waals surface area contributed by atoms with Crippen molar-refractivity contribution in [3.8, 4) is 0 Å². The molecule has 0 aliphatic carbocycles. The van der Waals surface area contributed by atoms with E-state index in [0.29, 0.717) is 6.10 Å². The van der Waals surface area contributed by atoms with Crippen LogP contribution < -0.4 is 4.90 Å². The minimum atomic E-state index is 0.328. The second-order valence-electron chi connectivity index (χ2n) is 4.04. The third-order valence-electron chi connectivity index (χ3n) is 2.73. The smallest absolute Gasteiger partial charge is 0.225 e. The molecule has 0 radical (unpaired) electrons. The topological polar surface area (TPSA) is 38.2 Å². The van der Waals surface area contributed by atoms with Gasteiger partial charge in [-0.3, -0.25) is 0 Å². The average Bonchev–Trinajstić information content (AvgIpc) is 2.64. The maximum Gasteiger partial charge on any atom is 0.225 e. The molecule has 1 aliphatic rings. The van der Waals surface area contributed by atoms with Gasteiger partial charge in [0.15, 0.2) is 0 Å². The Morgan fingerprint density at radius 2 is 2.00 bits per heavy atom. The van der Waals surface area contributed by atoms with Gasteiger partial charge in [0.25, 0.3) is 0 Å². The lowest BCUT2D eigenvalue weighted by Gasteiger charge is -2.16. The van der Waals surface area contributed by atoms with Gasteiger partial charge in [-0.15, -0.1) is 0 Å². The standard InChI is InChI=1S/C11H17N3O/c1-8-6-9(2)13-11(12-8)14-5-4-10(7-14)15-3/h6,10H,4-5,7H2,1-3H3. The molecule has 0 bridgehead atoms. The van der Waals surface area contributed by atoms with Crippen LogP contribution in [0.2, 0.25) is 0 Å². The van der Waals surface area contributed by atoms with Gasteiger partial charge in [-0.25, -0.2) is 9.97 Å². The first-order valence-corrected chi connectivity index (χ1v) is 5.29. The zero-order valence-corrected chi connectivity index (χ0v) is 9.53. The van der Waals surface area contributed by atoms with Gasteiger partial charge in [0.05, 0.1) is 6.10 Å². The Hall–Kier alpha value is -1.16. The van der Waals surface area contributed by atoms with Gasteiger partial charge in [0, 0.05) is 31.6 Å². The summed E-state index contributed by atoms with van der Waals surface area (Å²) in [6, 6.07) is 1.99. The molecule has 4 nitrogen and oxygen atoms in total. The first-order valence-electron chi connectivity index (χ1n) is 5.29. The molecule has 1 aliphatic heterocycles. The Kier molecular flexibility index (Phi) is 2.86. The molecule has 1 fully saturated rings. The van der Waals surface area contributed by atoms with Crippen LogP contribution in [0.15, 0.2) is 6.07 Å². The normalized spacial score (nSPS) is 21.0. The Balaban J connectivity index is 2.16. The summed E-state index contributed by atoms with van der Waals surface area (Å²) in [5.41, 5.74) is 2.05. The highest BCUT2D eigenvalue weighted by molar-refractivity contribution is 5.33. The van der Waals surface area contributed by atoms with E-state index in [2.05, 4.69) is 14.9 Å². The lowest BCUT2D eigenvalue weighted by atomic mass is 10.3. The van der Waals surface area contributed by atoms with E-state index in [1.54, 1.807) is 7.11 Å². The number of nitrogens with zero attached hydrogens (tertiary/aromatic N) is 3. The van der Waals surface area contributed by atoms with Crippen molar-refractivity contribution >= 4 is 5.95 Å². The first-order chi connectivity index (χ1) is 7.19. The summed E-state index contributed by atoms with van der Waals surface area (Å²) in [6.07, 6.45) is 1.39. The summed E-state index contributed by atoms with van der Waals surface area (Å²) >= 11 is 0. The van der Waals surface area contributed by atoms with Gasteiger partial charge in [0.2, 0.25) is 5.95 Å². The molecular formula is C11H17N3O. The largest absolute Gasteiger partial charge is 0.380 e. The molecule has 1 aromatic heterocycles. The van der Waals surface area contributed by atoms with E-state index in [1.165, 1.54) is 0 Å². The van der Waals surface area contributed by atoms with Gasteiger partial charge >= 0.3 is 0 Å². The number of hydrogen-bond donors (Lipinski definition) is 0. The van der Waals surface area contributed by atoms with Gasteiger partial charge in [-0.05, 0) is 26.3 Å². The molecule has 0 spiro atoms. The van der Waals surface area contributed by atoms with Crippen molar-refractivity contribution in [1.82, 2.24) is 9.97 Å². The van der Waals surface area contributed by atoms with E-state index in [9.17, 15) is 0 Å². The van der Waals surface area contributed by atoms with Crippen LogP contribution in [0, 0.1) is 13.8 Å². The summed E-state index contributed by atoms with van der Waals surface area (Å²) in [5.74, 6) is 0.840. The first kappa shape index (κ1) is 10.4. The van der Waals surface area contributed by atoms with Crippen LogP contribution in [0.1, 0.15) is 17.8 Å². The van der Waals surface area contributed by atoms with E-state index in [4.69, 9.17) is 4.74 Å². The van der Waals surface area contributed by atoms with Crippen LogP contribution in [-0.2, 0) is 4.74 Å². The van der Waals surface area contributed by atoms with Gasteiger partial charge < -0.3 is 9.64 Å². The minimum Gasteiger partial charge on any atom is -0.380 e. The van der Waals surface area contributed by atoms with Crippen LogP contribution in [0.3, 0.4) is 0 Å². The van der Waals surface area contributed by atoms with Crippen LogP contribution in [-0.4, -0.2) is 36.3 Å². The molecule has 1 aromatic rings. The van der Waals surface area contributed by atoms with Gasteiger partial charge in [-0.1, -0.05) is 0 Å². The number of anilines is 1. The average molecular weight is 207 g/mol. The zero-order chi connectivity index (χ0) is 10.8. The Morgan fingerprint density at radius 1 is 1.33 bits per heavy atom. The van der Waals surface area contributed by atoms with Crippen LogP contribution in [0.5, 0.6) is 0 Å². The van der Waals surface area contributed by atoms with Gasteiger partial charge in [0.1, 0.15) is 0 Å². The van der Waals surface area contributed by atoms with Crippen molar-refractivity contribution in [2.75, 3.05) is 25.1 Å². The SMILES string of the molecule is COC1CCN(c2nc(C)cc(C)n2)C1. The quantitative estimate of drug-likeness (QED) is 0.733. The van der Waals surface area contributed by atoms with Crippen molar-refractivity contribution in [2.45, 2.75) is 26.4 Å². The summed E-state index contributed by atoms with van der Waals surface area (Å²) in [5, 5.41) is 0. The highest BCUT2D eigenvalue weighted by Crippen LogP contribution is 2.18. The molecule has 4 heteroatoms. The van der Waals surface area contributed by atoms with E-state index >= 15 is 0 Å². The zero-order valence-electron chi connectivity index (χ0n) is 9.53. The maximum absolute atomic E-state index is 5.33. The van der Waals surface area contributed by atoms with Crippen molar-refractivity contribution in [3.05, 3.63) is 17.5 Å². The summed E-state index contributed by atoms with van der Waals surface area (Å²) in [7, 11) is 1.76. The number of aryl methyl sites for hydroxylation is 2. The Bertz CT molecular complexity index is 333. The van der Waals surface area contributed by atoms with Gasteiger partial charge in [-0.2, -0.15) is 0 Å². The van der Waals surface area contributed by atoms with Crippen molar-refractivity contribution < 1.29 is 4.74 Å². The van der Waals surface area contributed by atoms with E-state index in [1.807, 2.05) is 19.9 Å². The fourth-order valence-corrected chi connectivity index (χ4v) is 1.95. The van der Waals surface area contributed by atoms with E-state index in [-0.39, 0.29) is 0 Å². The van der Waals surface area contributed by atoms with Crippen LogP contribution >= 0.6 is 0 Å². The molecule has 1 atom stereocenters. The number of rotatable bonds is 2. The predicted molar refractivity (Wildman–Crippen MR) is 59.1 cm³/mol. The second-order valence-corrected chi connectivity index (χ2v) is 4.04. The van der Waals surface area contributed by atoms with Crippen molar-refractivity contribution in [2.24, 2.45) is 0 Å². The lowest BCUT2D eigenvalue weighted by Crippen LogP contribution is -2.24. The summed E-state index contributed by atoms with van der Waals surface area (Å²) in [4.78, 5) is 11.1. The molecule has 82 valence electrons. The summed E-state index contributed by atoms with van der Waals surface area (Å²) < 4.78 is 5.33. The van der Waals surface area contributed by atoms with Crippen molar-refractivity contribution in [3.63, 3.8) is 0 Å². The highest BCUT2D eigenvalue weighted by Gasteiger charge is 2.24. The second kappa shape index (κ2) is 4.14. The number of aromatic nitrogens is 2. The van der Waals surface area contributed by atoms with Crippen LogP contribution in [0.25, 0.3) is 0 Å². The van der Waals surface area contributed by atoms with E-state index in [0.717, 1.165) is 36.8 Å². The fraction of sp³-hybridized carbons (Fsp3) is 0.636. The number of methoxy groups -OCH3 is 1. The third-order valence-corrected chi connectivity index (χ3v) is 2.73. The molecule has 0 aromatic carbocycles. The fourth-order valence-electron chi connectivity index (χ4n) is 1.95. The molecular weight excluding hydrogens is 190 g/mol. The number of ether oxygens (including phenoxy) is 1. The highest BCUT2D eigenvalue weighted by atomic mass is 16.5. The summed E-state index contributed by atoms with van der Waals surface area (Å²) in [6.45, 7) is 5.89. The monoisotopic (exact) mass is 207 g/mol. The molecule has 0 amide bonds. The predicted octanol–water partition coefficient (Wildman–Crippen LogP) is 1.32. The van der Waals surface area contributed by atoms with Crippen molar-refractivity contribution in [1.29, 1.82) is 0 Å². The molecule has 1 saturated heterocycles. The Labute approximate surface area is 90.3 Å². The maximum atomic E-state index is 5.33.